The molecule has 0 amide bonds. The first-order valence-corrected chi connectivity index (χ1v) is 20.2. The van der Waals surface area contributed by atoms with Crippen molar-refractivity contribution in [3.8, 4) is 56.2 Å². The molecule has 59 heavy (non-hydrogen) atoms. The molecule has 0 fully saturated rings. The van der Waals surface area contributed by atoms with Gasteiger partial charge in [-0.25, -0.2) is 9.97 Å². The molecule has 0 N–H and O–H groups in total. The summed E-state index contributed by atoms with van der Waals surface area (Å²) in [5.74, 6) is 0.698. The quantitative estimate of drug-likeness (QED) is 0.164. The van der Waals surface area contributed by atoms with Gasteiger partial charge in [-0.3, -0.25) is 0 Å². The first-order chi connectivity index (χ1) is 29.1. The first-order valence-electron chi connectivity index (χ1n) is 20.2. The standard InChI is InChI=1S/C56H36N2O/c1-56(40-19-6-3-7-20-40)47-24-11-10-22-44(47)53-45(23-13-25-48(53)56)50-34-49(57-55(58-50)36-15-4-2-5-16-36)39-18-12-17-37(32-39)38-27-30-51-46(33-38)54-43-28-26-35-14-8-9-21-41(35)42(43)29-31-52(54)59-51/h2-34H,1H3. The van der Waals surface area contributed by atoms with Crippen molar-refractivity contribution in [2.45, 2.75) is 12.3 Å². The molecule has 3 heteroatoms. The maximum atomic E-state index is 6.44. The summed E-state index contributed by atoms with van der Waals surface area (Å²) in [4.78, 5) is 10.6. The Morgan fingerprint density at radius 2 is 1.07 bits per heavy atom. The molecule has 0 bridgehead atoms. The van der Waals surface area contributed by atoms with Crippen molar-refractivity contribution in [1.82, 2.24) is 9.97 Å². The van der Waals surface area contributed by atoms with E-state index in [0.717, 1.165) is 61.1 Å². The van der Waals surface area contributed by atoms with Crippen molar-refractivity contribution in [2.75, 3.05) is 0 Å². The highest BCUT2D eigenvalue weighted by Gasteiger charge is 2.41. The molecule has 0 aliphatic heterocycles. The van der Waals surface area contributed by atoms with Gasteiger partial charge in [0.05, 0.1) is 11.4 Å². The van der Waals surface area contributed by atoms with E-state index in [1.165, 1.54) is 49.4 Å². The second kappa shape index (κ2) is 13.0. The highest BCUT2D eigenvalue weighted by molar-refractivity contribution is 6.24. The number of hydrogen-bond donors (Lipinski definition) is 0. The highest BCUT2D eigenvalue weighted by Crippen LogP contribution is 2.55. The summed E-state index contributed by atoms with van der Waals surface area (Å²) < 4.78 is 6.44. The van der Waals surface area contributed by atoms with Crippen LogP contribution in [-0.2, 0) is 5.41 Å². The van der Waals surface area contributed by atoms with Crippen LogP contribution in [0.25, 0.3) is 99.6 Å². The lowest BCUT2D eigenvalue weighted by Crippen LogP contribution is -2.22. The molecule has 1 aliphatic carbocycles. The smallest absolute Gasteiger partial charge is 0.160 e. The average Bonchev–Trinajstić information content (AvgIpc) is 3.82. The van der Waals surface area contributed by atoms with Gasteiger partial charge in [0.1, 0.15) is 11.2 Å². The fraction of sp³-hybridized carbons (Fsp3) is 0.0357. The van der Waals surface area contributed by atoms with Gasteiger partial charge in [0.25, 0.3) is 0 Å². The fourth-order valence-corrected chi connectivity index (χ4v) is 9.69. The topological polar surface area (TPSA) is 38.9 Å². The maximum absolute atomic E-state index is 6.44. The third-order valence-electron chi connectivity index (χ3n) is 12.6. The van der Waals surface area contributed by atoms with Crippen LogP contribution in [0, 0.1) is 0 Å². The number of fused-ring (bicyclic) bond motifs is 10. The van der Waals surface area contributed by atoms with E-state index in [1.54, 1.807) is 0 Å². The molecule has 0 spiro atoms. The Bertz CT molecular complexity index is 3460. The van der Waals surface area contributed by atoms with Crippen molar-refractivity contribution >= 4 is 43.5 Å². The number of nitrogens with zero attached hydrogens (tertiary/aromatic N) is 2. The molecule has 11 aromatic rings. The van der Waals surface area contributed by atoms with Crippen LogP contribution >= 0.6 is 0 Å². The molecule has 0 saturated carbocycles. The van der Waals surface area contributed by atoms with Crippen LogP contribution in [0.3, 0.4) is 0 Å². The second-order valence-electron chi connectivity index (χ2n) is 15.8. The molecule has 3 nitrogen and oxygen atoms in total. The molecule has 0 radical (unpaired) electrons. The fourth-order valence-electron chi connectivity index (χ4n) is 9.69. The Hall–Kier alpha value is -7.62. The lowest BCUT2D eigenvalue weighted by Gasteiger charge is -2.28. The van der Waals surface area contributed by atoms with Crippen LogP contribution in [0.15, 0.2) is 205 Å². The van der Waals surface area contributed by atoms with Crippen LogP contribution in [-0.4, -0.2) is 9.97 Å². The number of hydrogen-bond acceptors (Lipinski definition) is 3. The predicted octanol–water partition coefficient (Wildman–Crippen LogP) is 14.7. The Labute approximate surface area is 341 Å². The Balaban J connectivity index is 1.02. The van der Waals surface area contributed by atoms with E-state index >= 15 is 0 Å². The molecular weight excluding hydrogens is 717 g/mol. The molecule has 1 atom stereocenters. The first kappa shape index (κ1) is 33.5. The molecule has 1 aliphatic rings. The summed E-state index contributed by atoms with van der Waals surface area (Å²) in [5.41, 5.74) is 14.9. The van der Waals surface area contributed by atoms with Crippen molar-refractivity contribution in [2.24, 2.45) is 0 Å². The van der Waals surface area contributed by atoms with Gasteiger partial charge in [-0.15, -0.1) is 0 Å². The van der Waals surface area contributed by atoms with Gasteiger partial charge in [-0.2, -0.15) is 0 Å². The minimum absolute atomic E-state index is 0.308. The van der Waals surface area contributed by atoms with E-state index in [9.17, 15) is 0 Å². The van der Waals surface area contributed by atoms with E-state index < -0.39 is 0 Å². The van der Waals surface area contributed by atoms with Crippen LogP contribution in [0.2, 0.25) is 0 Å². The number of benzene rings is 9. The maximum Gasteiger partial charge on any atom is 0.160 e. The van der Waals surface area contributed by atoms with Gasteiger partial charge in [0.15, 0.2) is 5.82 Å². The largest absolute Gasteiger partial charge is 0.456 e. The van der Waals surface area contributed by atoms with Gasteiger partial charge < -0.3 is 4.42 Å². The van der Waals surface area contributed by atoms with Crippen molar-refractivity contribution in [3.63, 3.8) is 0 Å². The van der Waals surface area contributed by atoms with Gasteiger partial charge in [0, 0.05) is 32.9 Å². The monoisotopic (exact) mass is 752 g/mol. The van der Waals surface area contributed by atoms with Gasteiger partial charge in [-0.05, 0) is 97.7 Å². The molecule has 1 unspecified atom stereocenters. The Morgan fingerprint density at radius 1 is 0.407 bits per heavy atom. The summed E-state index contributed by atoms with van der Waals surface area (Å²) >= 11 is 0. The molecule has 0 saturated heterocycles. The van der Waals surface area contributed by atoms with Gasteiger partial charge >= 0.3 is 0 Å². The predicted molar refractivity (Wildman–Crippen MR) is 243 cm³/mol. The average molecular weight is 753 g/mol. The summed E-state index contributed by atoms with van der Waals surface area (Å²) in [7, 11) is 0. The summed E-state index contributed by atoms with van der Waals surface area (Å²) in [5, 5.41) is 7.18. The molecule has 276 valence electrons. The van der Waals surface area contributed by atoms with Crippen LogP contribution in [0.1, 0.15) is 23.6 Å². The van der Waals surface area contributed by atoms with Crippen LogP contribution < -0.4 is 0 Å². The van der Waals surface area contributed by atoms with Crippen molar-refractivity contribution in [3.05, 3.63) is 217 Å². The number of furan rings is 1. The zero-order valence-electron chi connectivity index (χ0n) is 32.4. The third-order valence-corrected chi connectivity index (χ3v) is 12.6. The summed E-state index contributed by atoms with van der Waals surface area (Å²) in [6.07, 6.45) is 0. The minimum atomic E-state index is -0.308. The Morgan fingerprint density at radius 3 is 1.97 bits per heavy atom. The lowest BCUT2D eigenvalue weighted by molar-refractivity contribution is 0.669. The van der Waals surface area contributed by atoms with E-state index in [-0.39, 0.29) is 5.41 Å². The van der Waals surface area contributed by atoms with E-state index in [2.05, 4.69) is 201 Å². The van der Waals surface area contributed by atoms with Gasteiger partial charge in [0.2, 0.25) is 0 Å². The normalized spacial score (nSPS) is 14.6. The minimum Gasteiger partial charge on any atom is -0.456 e. The zero-order chi connectivity index (χ0) is 39.1. The molecule has 9 aromatic carbocycles. The third kappa shape index (κ3) is 5.15. The lowest BCUT2D eigenvalue weighted by atomic mass is 9.74. The SMILES string of the molecule is CC1(c2ccccc2)c2ccccc2-c2c(-c3cc(-c4cccc(-c5ccc6oc7ccc8c9ccccc9ccc8c7c6c5)c4)nc(-c4ccccc4)n3)cccc21. The van der Waals surface area contributed by atoms with E-state index in [0.29, 0.717) is 5.82 Å². The van der Waals surface area contributed by atoms with Crippen molar-refractivity contribution in [1.29, 1.82) is 0 Å². The molecule has 2 heterocycles. The number of aromatic nitrogens is 2. The van der Waals surface area contributed by atoms with E-state index in [1.807, 2.05) is 6.07 Å². The highest BCUT2D eigenvalue weighted by atomic mass is 16.3. The molecule has 12 rings (SSSR count). The van der Waals surface area contributed by atoms with Crippen molar-refractivity contribution < 1.29 is 4.42 Å². The van der Waals surface area contributed by atoms with Crippen LogP contribution in [0.4, 0.5) is 0 Å². The number of rotatable bonds is 5. The van der Waals surface area contributed by atoms with Crippen LogP contribution in [0.5, 0.6) is 0 Å². The molecule has 2 aromatic heterocycles. The summed E-state index contributed by atoms with van der Waals surface area (Å²) in [6, 6.07) is 71.6. The zero-order valence-corrected chi connectivity index (χ0v) is 32.4. The van der Waals surface area contributed by atoms with E-state index in [4.69, 9.17) is 14.4 Å². The molecular formula is C56H36N2O. The van der Waals surface area contributed by atoms with Gasteiger partial charge in [-0.1, -0.05) is 170 Å². The summed E-state index contributed by atoms with van der Waals surface area (Å²) in [6.45, 7) is 2.36. The Kier molecular flexibility index (Phi) is 7.36. The second-order valence-corrected chi connectivity index (χ2v) is 15.8.